The number of nitrogens with zero attached hydrogens (tertiary/aromatic N) is 1. The Hall–Kier alpha value is -3.31. The molecule has 0 saturated heterocycles. The highest BCUT2D eigenvalue weighted by Crippen LogP contribution is 2.33. The van der Waals surface area contributed by atoms with Gasteiger partial charge in [0.1, 0.15) is 23.8 Å². The molecule has 1 aliphatic heterocycles. The fourth-order valence-electron chi connectivity index (χ4n) is 3.48. The average molecular weight is 359 g/mol. The van der Waals surface area contributed by atoms with E-state index in [0.717, 1.165) is 28.0 Å². The smallest absolute Gasteiger partial charge is 0.344 e. The van der Waals surface area contributed by atoms with Crippen LogP contribution in [-0.4, -0.2) is 11.6 Å². The zero-order valence-electron chi connectivity index (χ0n) is 14.6. The van der Waals surface area contributed by atoms with Crippen LogP contribution in [0, 0.1) is 0 Å². The molecule has 0 fully saturated rings. The van der Waals surface area contributed by atoms with Crippen molar-refractivity contribution in [2.45, 2.75) is 13.1 Å². The van der Waals surface area contributed by atoms with E-state index in [1.54, 1.807) is 6.26 Å². The molecular weight excluding hydrogens is 342 g/mol. The molecular formula is C22H17NO4. The molecule has 134 valence electrons. The third-order valence-electron chi connectivity index (χ3n) is 4.79. The first kappa shape index (κ1) is 15.9. The summed E-state index contributed by atoms with van der Waals surface area (Å²) in [6, 6.07) is 19.1. The standard InChI is InChI=1S/C22H17NO4/c24-22-18(15-5-2-1-3-6-15)11-16-8-9-20-19(21(16)27-22)13-23(14-26-20)12-17-7-4-10-25-17/h1-11H,12-14H2. The molecule has 5 rings (SSSR count). The Morgan fingerprint density at radius 2 is 1.89 bits per heavy atom. The first-order valence-corrected chi connectivity index (χ1v) is 8.80. The molecule has 4 aromatic rings. The first-order chi connectivity index (χ1) is 13.3. The van der Waals surface area contributed by atoms with Gasteiger partial charge in [0.05, 0.1) is 23.9 Å². The van der Waals surface area contributed by atoms with Gasteiger partial charge in [-0.25, -0.2) is 4.79 Å². The van der Waals surface area contributed by atoms with Crippen LogP contribution in [0.4, 0.5) is 0 Å². The summed E-state index contributed by atoms with van der Waals surface area (Å²) in [5.41, 5.74) is 2.54. The Morgan fingerprint density at radius 1 is 1.00 bits per heavy atom. The minimum atomic E-state index is -0.342. The van der Waals surface area contributed by atoms with E-state index in [1.165, 1.54) is 0 Å². The number of furan rings is 1. The molecule has 0 unspecified atom stereocenters. The molecule has 5 nitrogen and oxygen atoms in total. The minimum absolute atomic E-state index is 0.342. The maximum atomic E-state index is 12.6. The van der Waals surface area contributed by atoms with Gasteiger partial charge in [0, 0.05) is 11.9 Å². The van der Waals surface area contributed by atoms with Crippen molar-refractivity contribution in [3.8, 4) is 16.9 Å². The molecule has 0 spiro atoms. The summed E-state index contributed by atoms with van der Waals surface area (Å²) in [5.74, 6) is 1.63. The summed E-state index contributed by atoms with van der Waals surface area (Å²) in [5, 5.41) is 0.885. The molecule has 0 N–H and O–H groups in total. The molecule has 0 radical (unpaired) electrons. The van der Waals surface area contributed by atoms with Gasteiger partial charge in [-0.1, -0.05) is 30.3 Å². The van der Waals surface area contributed by atoms with Gasteiger partial charge in [0.15, 0.2) is 0 Å². The van der Waals surface area contributed by atoms with Crippen LogP contribution in [0.2, 0.25) is 0 Å². The van der Waals surface area contributed by atoms with Crippen molar-refractivity contribution < 1.29 is 13.6 Å². The van der Waals surface area contributed by atoms with Crippen LogP contribution < -0.4 is 10.4 Å². The summed E-state index contributed by atoms with van der Waals surface area (Å²) in [7, 11) is 0. The summed E-state index contributed by atoms with van der Waals surface area (Å²) < 4.78 is 17.0. The van der Waals surface area contributed by atoms with Crippen LogP contribution >= 0.6 is 0 Å². The van der Waals surface area contributed by atoms with Gasteiger partial charge < -0.3 is 13.6 Å². The predicted molar refractivity (Wildman–Crippen MR) is 101 cm³/mol. The molecule has 0 amide bonds. The lowest BCUT2D eigenvalue weighted by Crippen LogP contribution is -2.31. The Bertz CT molecular complexity index is 1150. The lowest BCUT2D eigenvalue weighted by atomic mass is 10.0. The second-order valence-electron chi connectivity index (χ2n) is 6.61. The summed E-state index contributed by atoms with van der Waals surface area (Å²) in [6.07, 6.45) is 1.66. The number of rotatable bonds is 3. The topological polar surface area (TPSA) is 55.8 Å². The Balaban J connectivity index is 1.56. The Labute approximate surface area is 155 Å². The van der Waals surface area contributed by atoms with E-state index in [0.29, 0.717) is 31.0 Å². The van der Waals surface area contributed by atoms with Crippen molar-refractivity contribution in [2.75, 3.05) is 6.73 Å². The van der Waals surface area contributed by atoms with E-state index in [1.807, 2.05) is 60.7 Å². The van der Waals surface area contributed by atoms with Crippen molar-refractivity contribution in [1.29, 1.82) is 0 Å². The summed E-state index contributed by atoms with van der Waals surface area (Å²) >= 11 is 0. The fraction of sp³-hybridized carbons (Fsp3) is 0.136. The van der Waals surface area contributed by atoms with Crippen LogP contribution in [-0.2, 0) is 13.1 Å². The van der Waals surface area contributed by atoms with Crippen LogP contribution in [0.3, 0.4) is 0 Å². The van der Waals surface area contributed by atoms with E-state index < -0.39 is 0 Å². The SMILES string of the molecule is O=c1oc2c3c(ccc2cc1-c1ccccc1)OCN(Cc1ccco1)C3. The van der Waals surface area contributed by atoms with Crippen molar-refractivity contribution >= 4 is 11.0 Å². The van der Waals surface area contributed by atoms with Gasteiger partial charge in [-0.2, -0.15) is 0 Å². The van der Waals surface area contributed by atoms with Crippen molar-refractivity contribution in [2.24, 2.45) is 0 Å². The van der Waals surface area contributed by atoms with Crippen LogP contribution in [0.15, 0.2) is 80.6 Å². The lowest BCUT2D eigenvalue weighted by molar-refractivity contribution is 0.0826. The van der Waals surface area contributed by atoms with Crippen LogP contribution in [0.25, 0.3) is 22.1 Å². The molecule has 0 aliphatic carbocycles. The largest absolute Gasteiger partial charge is 0.478 e. The molecule has 5 heteroatoms. The van der Waals surface area contributed by atoms with E-state index in [-0.39, 0.29) is 5.63 Å². The molecule has 2 aromatic carbocycles. The highest BCUT2D eigenvalue weighted by Gasteiger charge is 2.22. The molecule has 0 atom stereocenters. The van der Waals surface area contributed by atoms with Gasteiger partial charge in [0.25, 0.3) is 0 Å². The Morgan fingerprint density at radius 3 is 2.70 bits per heavy atom. The number of hydrogen-bond donors (Lipinski definition) is 0. The molecule has 0 saturated carbocycles. The average Bonchev–Trinajstić information content (AvgIpc) is 3.21. The lowest BCUT2D eigenvalue weighted by Gasteiger charge is -2.28. The van der Waals surface area contributed by atoms with Crippen LogP contribution in [0.1, 0.15) is 11.3 Å². The molecule has 27 heavy (non-hydrogen) atoms. The first-order valence-electron chi connectivity index (χ1n) is 8.80. The molecule has 0 bridgehead atoms. The number of hydrogen-bond acceptors (Lipinski definition) is 5. The van der Waals surface area contributed by atoms with Gasteiger partial charge in [-0.05, 0) is 35.9 Å². The molecule has 3 heterocycles. The van der Waals surface area contributed by atoms with Crippen LogP contribution in [0.5, 0.6) is 5.75 Å². The second-order valence-corrected chi connectivity index (χ2v) is 6.61. The van der Waals surface area contributed by atoms with Crippen molar-refractivity contribution in [1.82, 2.24) is 4.90 Å². The van der Waals surface area contributed by atoms with E-state index in [2.05, 4.69) is 4.90 Å². The highest BCUT2D eigenvalue weighted by atomic mass is 16.5. The predicted octanol–water partition coefficient (Wildman–Crippen LogP) is 4.41. The van der Waals surface area contributed by atoms with Gasteiger partial charge >= 0.3 is 5.63 Å². The summed E-state index contributed by atoms with van der Waals surface area (Å²) in [4.78, 5) is 14.7. The maximum absolute atomic E-state index is 12.6. The number of fused-ring (bicyclic) bond motifs is 3. The minimum Gasteiger partial charge on any atom is -0.478 e. The second kappa shape index (κ2) is 6.45. The van der Waals surface area contributed by atoms with Gasteiger partial charge in [-0.3, -0.25) is 4.90 Å². The fourth-order valence-corrected chi connectivity index (χ4v) is 3.48. The number of benzene rings is 2. The highest BCUT2D eigenvalue weighted by molar-refractivity contribution is 5.86. The van der Waals surface area contributed by atoms with Gasteiger partial charge in [0.2, 0.25) is 0 Å². The van der Waals surface area contributed by atoms with E-state index in [4.69, 9.17) is 13.6 Å². The molecule has 1 aliphatic rings. The maximum Gasteiger partial charge on any atom is 0.344 e. The normalized spacial score (nSPS) is 14.1. The van der Waals surface area contributed by atoms with Crippen molar-refractivity contribution in [3.05, 3.63) is 88.7 Å². The van der Waals surface area contributed by atoms with E-state index in [9.17, 15) is 4.79 Å². The third-order valence-corrected chi connectivity index (χ3v) is 4.79. The third kappa shape index (κ3) is 2.92. The summed E-state index contributed by atoms with van der Waals surface area (Å²) in [6.45, 7) is 1.72. The molecule has 2 aromatic heterocycles. The Kier molecular flexibility index (Phi) is 3.80. The van der Waals surface area contributed by atoms with Crippen molar-refractivity contribution in [3.63, 3.8) is 0 Å². The van der Waals surface area contributed by atoms with E-state index >= 15 is 0 Å². The van der Waals surface area contributed by atoms with Gasteiger partial charge in [-0.15, -0.1) is 0 Å². The zero-order chi connectivity index (χ0) is 18.2. The number of ether oxygens (including phenoxy) is 1. The monoisotopic (exact) mass is 359 g/mol. The zero-order valence-corrected chi connectivity index (χ0v) is 14.6. The quantitative estimate of drug-likeness (QED) is 0.507.